The number of morpholine rings is 1. The van der Waals surface area contributed by atoms with Gasteiger partial charge < -0.3 is 40.2 Å². The van der Waals surface area contributed by atoms with Crippen molar-refractivity contribution in [2.75, 3.05) is 52.7 Å². The van der Waals surface area contributed by atoms with Crippen LogP contribution in [0, 0.1) is 0 Å². The molecule has 2 aliphatic heterocycles. The summed E-state index contributed by atoms with van der Waals surface area (Å²) in [6.07, 6.45) is -0.540. The molecular formula is C30H41F4N5O9. The molecule has 0 bridgehead atoms. The number of carbonyl (C=O) groups excluding carboxylic acids is 5. The Bertz CT molecular complexity index is 1240. The Morgan fingerprint density at radius 3 is 2.04 bits per heavy atom. The number of carbonyl (C=O) groups is 5. The minimum Gasteiger partial charge on any atom is -0.379 e. The second-order valence-corrected chi connectivity index (χ2v) is 11.4. The van der Waals surface area contributed by atoms with Crippen molar-refractivity contribution in [3.05, 3.63) is 35.9 Å². The highest BCUT2D eigenvalue weighted by Crippen LogP contribution is 2.28. The molecule has 268 valence electrons. The second-order valence-electron chi connectivity index (χ2n) is 11.4. The zero-order valence-electron chi connectivity index (χ0n) is 26.6. The number of nitrogens with one attached hydrogen (secondary N) is 4. The van der Waals surface area contributed by atoms with Gasteiger partial charge in [0.2, 0.25) is 23.6 Å². The van der Waals surface area contributed by atoms with Crippen LogP contribution in [-0.4, -0.2) is 130 Å². The third-order valence-corrected chi connectivity index (χ3v) is 7.56. The highest BCUT2D eigenvalue weighted by molar-refractivity contribution is 5.98. The molecule has 0 aromatic heterocycles. The van der Waals surface area contributed by atoms with Crippen molar-refractivity contribution in [1.29, 1.82) is 0 Å². The molecule has 2 aliphatic rings. The lowest BCUT2D eigenvalue weighted by molar-refractivity contribution is -0.149. The maximum Gasteiger partial charge on any atom is 0.345 e. The van der Waals surface area contributed by atoms with Crippen LogP contribution in [0.5, 0.6) is 0 Å². The lowest BCUT2D eigenvalue weighted by Gasteiger charge is -2.28. The Morgan fingerprint density at radius 2 is 1.44 bits per heavy atom. The number of hydrogen-bond donors (Lipinski definition) is 4. The largest absolute Gasteiger partial charge is 0.379 e. The molecule has 48 heavy (non-hydrogen) atoms. The van der Waals surface area contributed by atoms with Crippen LogP contribution < -0.4 is 21.3 Å². The van der Waals surface area contributed by atoms with Crippen LogP contribution in [0.2, 0.25) is 0 Å². The molecule has 4 N–H and O–H groups in total. The van der Waals surface area contributed by atoms with Crippen molar-refractivity contribution in [3.8, 4) is 0 Å². The van der Waals surface area contributed by atoms with Crippen molar-refractivity contribution in [2.24, 2.45) is 0 Å². The van der Waals surface area contributed by atoms with Crippen LogP contribution in [0.1, 0.15) is 25.8 Å². The van der Waals surface area contributed by atoms with E-state index in [1.165, 1.54) is 13.8 Å². The molecule has 1 aromatic rings. The first kappa shape index (κ1) is 38.7. The fourth-order valence-electron chi connectivity index (χ4n) is 4.79. The molecule has 0 aliphatic carbocycles. The predicted octanol–water partition coefficient (Wildman–Crippen LogP) is -0.253. The lowest BCUT2D eigenvalue weighted by atomic mass is 10.0. The van der Waals surface area contributed by atoms with Gasteiger partial charge in [-0.2, -0.15) is 17.6 Å². The van der Waals surface area contributed by atoms with Crippen LogP contribution in [0.15, 0.2) is 30.3 Å². The molecule has 3 unspecified atom stereocenters. The number of benzene rings is 1. The topological polar surface area (TPSA) is 177 Å². The van der Waals surface area contributed by atoms with Gasteiger partial charge in [-0.25, -0.2) is 0 Å². The Balaban J connectivity index is 1.75. The molecule has 3 rings (SSSR count). The summed E-state index contributed by atoms with van der Waals surface area (Å²) in [5.41, 5.74) is -0.458. The van der Waals surface area contributed by atoms with Crippen LogP contribution in [0.25, 0.3) is 0 Å². The van der Waals surface area contributed by atoms with E-state index in [2.05, 4.69) is 30.7 Å². The summed E-state index contributed by atoms with van der Waals surface area (Å²) in [6.45, 7) is -3.50. The Hall–Kier alpha value is -3.71. The van der Waals surface area contributed by atoms with Crippen molar-refractivity contribution < 1.29 is 60.5 Å². The molecule has 0 radical (unpaired) electrons. The molecular weight excluding hydrogens is 650 g/mol. The van der Waals surface area contributed by atoms with Crippen molar-refractivity contribution in [2.45, 2.75) is 69.7 Å². The quantitative estimate of drug-likeness (QED) is 0.105. The molecule has 18 heteroatoms. The van der Waals surface area contributed by atoms with Crippen LogP contribution >= 0.6 is 0 Å². The summed E-state index contributed by atoms with van der Waals surface area (Å²) in [4.78, 5) is 67.2. The van der Waals surface area contributed by atoms with E-state index < -0.39 is 92.0 Å². The van der Waals surface area contributed by atoms with Gasteiger partial charge in [0.25, 0.3) is 0 Å². The van der Waals surface area contributed by atoms with Gasteiger partial charge >= 0.3 is 13.2 Å². The average molecular weight is 692 g/mol. The maximum atomic E-state index is 13.6. The Kier molecular flexibility index (Phi) is 15.1. The number of ketones is 1. The minimum absolute atomic E-state index is 0.00872. The van der Waals surface area contributed by atoms with E-state index in [9.17, 15) is 41.5 Å². The Morgan fingerprint density at radius 1 is 0.854 bits per heavy atom. The number of amides is 4. The van der Waals surface area contributed by atoms with E-state index in [1.54, 1.807) is 30.3 Å². The molecule has 2 saturated heterocycles. The van der Waals surface area contributed by atoms with Crippen LogP contribution in [-0.2, 0) is 49.3 Å². The van der Waals surface area contributed by atoms with E-state index in [4.69, 9.17) is 9.47 Å². The lowest BCUT2D eigenvalue weighted by Crippen LogP contribution is -2.59. The first-order valence-electron chi connectivity index (χ1n) is 15.3. The second kappa shape index (κ2) is 18.7. The molecule has 0 spiro atoms. The highest BCUT2D eigenvalue weighted by Gasteiger charge is 2.49. The van der Waals surface area contributed by atoms with Crippen molar-refractivity contribution >= 4 is 29.4 Å². The molecule has 5 atom stereocenters. The van der Waals surface area contributed by atoms with Gasteiger partial charge in [-0.1, -0.05) is 30.3 Å². The number of ether oxygens (including phenoxy) is 4. The summed E-state index contributed by atoms with van der Waals surface area (Å²) < 4.78 is 70.2. The first-order chi connectivity index (χ1) is 22.8. The van der Waals surface area contributed by atoms with Gasteiger partial charge in [0.1, 0.15) is 23.7 Å². The third-order valence-electron chi connectivity index (χ3n) is 7.56. The fourth-order valence-corrected chi connectivity index (χ4v) is 4.79. The minimum atomic E-state index is -3.33. The zero-order chi connectivity index (χ0) is 35.3. The maximum absolute atomic E-state index is 13.6. The third kappa shape index (κ3) is 13.1. The molecule has 2 fully saturated rings. The summed E-state index contributed by atoms with van der Waals surface area (Å²) >= 11 is 0. The molecule has 0 saturated carbocycles. The number of nitrogens with zero attached hydrogens (tertiary/aromatic N) is 1. The number of rotatable bonds is 20. The molecule has 2 heterocycles. The standard InChI is InChI=1S/C30H41F4N5O9/c1-18(24(41)30(2)17-48-30)35-27(44)22(16-47-29(33)34)38-25(42)20(8-11-46-28(31)32)37-26(43)21(14-19-6-4-3-5-7-19)36-23(40)15-39-9-12-45-13-10-39/h3-7,18,20-22,28-29H,8-17H2,1-2H3,(H,35,44)(H,36,40)(H,37,43)(H,38,42)/t18?,20?,21-,22-,30?/m0/s1. The SMILES string of the molecule is CC(NC(=O)[C@H](COC(F)F)NC(=O)C(CCOC(F)F)NC(=O)[C@H](Cc1ccccc1)NC(=O)CN1CCOCC1)C(=O)C1(C)CO1. The number of halogens is 4. The Labute approximate surface area is 274 Å². The summed E-state index contributed by atoms with van der Waals surface area (Å²) in [5, 5.41) is 9.54. The van der Waals surface area contributed by atoms with Crippen molar-refractivity contribution in [1.82, 2.24) is 26.2 Å². The van der Waals surface area contributed by atoms with Crippen molar-refractivity contribution in [3.63, 3.8) is 0 Å². The van der Waals surface area contributed by atoms with Gasteiger partial charge in [-0.05, 0) is 19.4 Å². The number of epoxide rings is 1. The normalized spacial score (nSPS) is 20.3. The molecule has 4 amide bonds. The van der Waals surface area contributed by atoms with Gasteiger partial charge in [0.15, 0.2) is 5.78 Å². The smallest absolute Gasteiger partial charge is 0.345 e. The molecule has 14 nitrogen and oxygen atoms in total. The van der Waals surface area contributed by atoms with E-state index in [0.717, 1.165) is 0 Å². The summed E-state index contributed by atoms with van der Waals surface area (Å²) in [7, 11) is 0. The van der Waals surface area contributed by atoms with Gasteiger partial charge in [-0.15, -0.1) is 0 Å². The van der Waals surface area contributed by atoms with E-state index in [0.29, 0.717) is 31.9 Å². The number of alkyl halides is 4. The van der Waals surface area contributed by atoms with Crippen LogP contribution in [0.3, 0.4) is 0 Å². The van der Waals surface area contributed by atoms with E-state index in [-0.39, 0.29) is 19.6 Å². The number of hydrogen-bond acceptors (Lipinski definition) is 10. The summed E-state index contributed by atoms with van der Waals surface area (Å²) in [5.74, 6) is -4.06. The predicted molar refractivity (Wildman–Crippen MR) is 159 cm³/mol. The molecule has 1 aromatic carbocycles. The highest BCUT2D eigenvalue weighted by atomic mass is 19.3. The van der Waals surface area contributed by atoms with E-state index >= 15 is 0 Å². The van der Waals surface area contributed by atoms with E-state index in [1.807, 2.05) is 4.90 Å². The van der Waals surface area contributed by atoms with Gasteiger partial charge in [0.05, 0.1) is 45.6 Å². The van der Waals surface area contributed by atoms with Gasteiger partial charge in [0, 0.05) is 25.9 Å². The first-order valence-corrected chi connectivity index (χ1v) is 15.3. The average Bonchev–Trinajstić information content (AvgIpc) is 3.80. The summed E-state index contributed by atoms with van der Waals surface area (Å²) in [6, 6.07) is 2.82. The number of Topliss-reactive ketones (excluding diaryl/α,β-unsaturated/α-hetero) is 1. The fraction of sp³-hybridized carbons (Fsp3) is 0.633. The van der Waals surface area contributed by atoms with Gasteiger partial charge in [-0.3, -0.25) is 28.9 Å². The zero-order valence-corrected chi connectivity index (χ0v) is 26.6. The van der Waals surface area contributed by atoms with Crippen LogP contribution in [0.4, 0.5) is 17.6 Å². The monoisotopic (exact) mass is 691 g/mol.